The molecule has 1 heterocycles. The fraction of sp³-hybridized carbons (Fsp3) is 0.812. The molecule has 2 fully saturated rings. The van der Waals surface area contributed by atoms with Crippen LogP contribution in [0.15, 0.2) is 0 Å². The number of nitrogens with zero attached hydrogens (tertiary/aromatic N) is 1. The Balaban J connectivity index is 1.59. The molecule has 2 saturated carbocycles. The third kappa shape index (κ3) is 2.59. The van der Waals surface area contributed by atoms with Crippen LogP contribution in [0.2, 0.25) is 0 Å². The number of fused-ring (bicyclic) bond motifs is 1. The largest absolute Gasteiger partial charge is 0.305 e. The van der Waals surface area contributed by atoms with E-state index in [-0.39, 0.29) is 0 Å². The Hall–Kier alpha value is -0.410. The van der Waals surface area contributed by atoms with Crippen LogP contribution >= 0.6 is 11.3 Å². The zero-order valence-corrected chi connectivity index (χ0v) is 12.5. The van der Waals surface area contributed by atoms with Crippen LogP contribution in [0.25, 0.3) is 0 Å². The van der Waals surface area contributed by atoms with Gasteiger partial charge in [-0.15, -0.1) is 11.3 Å². The third-order valence-electron chi connectivity index (χ3n) is 4.99. The summed E-state index contributed by atoms with van der Waals surface area (Å²) in [5.74, 6) is 0.855. The molecular formula is C16H24N2S. The van der Waals surface area contributed by atoms with Crippen LogP contribution in [0.4, 0.5) is 0 Å². The molecule has 1 aromatic rings. The van der Waals surface area contributed by atoms with Crippen molar-refractivity contribution < 1.29 is 0 Å². The van der Waals surface area contributed by atoms with Crippen molar-refractivity contribution in [3.63, 3.8) is 0 Å². The summed E-state index contributed by atoms with van der Waals surface area (Å²) in [5.41, 5.74) is 1.44. The highest BCUT2D eigenvalue weighted by Gasteiger charge is 2.34. The Labute approximate surface area is 120 Å². The number of nitrogens with one attached hydrogen (secondary N) is 1. The topological polar surface area (TPSA) is 24.9 Å². The molecule has 1 N–H and O–H groups in total. The quantitative estimate of drug-likeness (QED) is 0.899. The summed E-state index contributed by atoms with van der Waals surface area (Å²) < 4.78 is 0. The van der Waals surface area contributed by atoms with Gasteiger partial charge in [-0.2, -0.15) is 0 Å². The van der Waals surface area contributed by atoms with E-state index in [1.165, 1.54) is 74.9 Å². The maximum atomic E-state index is 5.03. The van der Waals surface area contributed by atoms with E-state index in [1.54, 1.807) is 4.88 Å². The summed E-state index contributed by atoms with van der Waals surface area (Å²) in [5, 5.41) is 5.33. The predicted molar refractivity (Wildman–Crippen MR) is 79.6 cm³/mol. The van der Waals surface area contributed by atoms with Gasteiger partial charge in [0.05, 0.1) is 11.7 Å². The molecule has 2 nitrogen and oxygen atoms in total. The van der Waals surface area contributed by atoms with Gasteiger partial charge in [-0.05, 0) is 57.3 Å². The summed E-state index contributed by atoms with van der Waals surface area (Å²) in [6.07, 6.45) is 13.7. The fourth-order valence-electron chi connectivity index (χ4n) is 3.71. The molecule has 0 aliphatic heterocycles. The summed E-state index contributed by atoms with van der Waals surface area (Å²) in [4.78, 5) is 6.63. The molecule has 0 radical (unpaired) electrons. The molecule has 4 rings (SSSR count). The molecule has 0 bridgehead atoms. The summed E-state index contributed by atoms with van der Waals surface area (Å²) in [6, 6.07) is 1.37. The minimum Gasteiger partial charge on any atom is -0.305 e. The highest BCUT2D eigenvalue weighted by atomic mass is 32.1. The number of aryl methyl sites for hydroxylation is 2. The average Bonchev–Trinajstić information content (AvgIpc) is 2.95. The molecule has 1 unspecified atom stereocenters. The van der Waals surface area contributed by atoms with E-state index in [0.717, 1.165) is 12.0 Å². The number of hydrogen-bond donors (Lipinski definition) is 1. The van der Waals surface area contributed by atoms with Crippen LogP contribution in [0.5, 0.6) is 0 Å². The first kappa shape index (κ1) is 12.3. The standard InChI is InChI=1S/C16H24N2S/c1-2-6-11(5-1)15(17-12-9-10-12)16-18-13-7-3-4-8-14(13)19-16/h11-12,15,17H,1-10H2. The van der Waals surface area contributed by atoms with Crippen LogP contribution in [-0.2, 0) is 12.8 Å². The molecule has 1 aromatic heterocycles. The van der Waals surface area contributed by atoms with Crippen LogP contribution < -0.4 is 5.32 Å². The first-order chi connectivity index (χ1) is 9.40. The normalized spacial score (nSPS) is 25.5. The maximum absolute atomic E-state index is 5.03. The molecule has 3 heteroatoms. The van der Waals surface area contributed by atoms with Crippen molar-refractivity contribution in [3.05, 3.63) is 15.6 Å². The number of rotatable bonds is 4. The number of thiazole rings is 1. The highest BCUT2D eigenvalue weighted by molar-refractivity contribution is 7.11. The van der Waals surface area contributed by atoms with E-state index < -0.39 is 0 Å². The van der Waals surface area contributed by atoms with E-state index >= 15 is 0 Å². The molecule has 19 heavy (non-hydrogen) atoms. The van der Waals surface area contributed by atoms with Crippen molar-refractivity contribution in [2.75, 3.05) is 0 Å². The van der Waals surface area contributed by atoms with Gasteiger partial charge in [0.25, 0.3) is 0 Å². The van der Waals surface area contributed by atoms with Crippen molar-refractivity contribution in [3.8, 4) is 0 Å². The van der Waals surface area contributed by atoms with E-state index in [9.17, 15) is 0 Å². The van der Waals surface area contributed by atoms with Crippen LogP contribution in [-0.4, -0.2) is 11.0 Å². The zero-order valence-electron chi connectivity index (χ0n) is 11.7. The molecule has 3 aliphatic rings. The van der Waals surface area contributed by atoms with Crippen LogP contribution in [0.3, 0.4) is 0 Å². The Morgan fingerprint density at radius 3 is 2.53 bits per heavy atom. The predicted octanol–water partition coefficient (Wildman–Crippen LogP) is 4.01. The first-order valence-corrected chi connectivity index (χ1v) is 8.96. The summed E-state index contributed by atoms with van der Waals surface area (Å²) >= 11 is 2.03. The van der Waals surface area contributed by atoms with Gasteiger partial charge in [0.15, 0.2) is 0 Å². The van der Waals surface area contributed by atoms with Crippen molar-refractivity contribution in [2.45, 2.75) is 76.3 Å². The van der Waals surface area contributed by atoms with Crippen molar-refractivity contribution in [2.24, 2.45) is 5.92 Å². The smallest absolute Gasteiger partial charge is 0.110 e. The van der Waals surface area contributed by atoms with Gasteiger partial charge in [-0.3, -0.25) is 0 Å². The lowest BCUT2D eigenvalue weighted by molar-refractivity contribution is 0.363. The van der Waals surface area contributed by atoms with Gasteiger partial charge in [-0.1, -0.05) is 12.8 Å². The van der Waals surface area contributed by atoms with Crippen molar-refractivity contribution >= 4 is 11.3 Å². The lowest BCUT2D eigenvalue weighted by Gasteiger charge is -2.22. The third-order valence-corrected chi connectivity index (χ3v) is 6.23. The van der Waals surface area contributed by atoms with Gasteiger partial charge < -0.3 is 5.32 Å². The van der Waals surface area contributed by atoms with Gasteiger partial charge in [0, 0.05) is 10.9 Å². The summed E-state index contributed by atoms with van der Waals surface area (Å²) in [7, 11) is 0. The molecular weight excluding hydrogens is 252 g/mol. The van der Waals surface area contributed by atoms with E-state index in [0.29, 0.717) is 6.04 Å². The maximum Gasteiger partial charge on any atom is 0.110 e. The van der Waals surface area contributed by atoms with E-state index in [4.69, 9.17) is 4.98 Å². The molecule has 0 aromatic carbocycles. The monoisotopic (exact) mass is 276 g/mol. The molecule has 0 amide bonds. The first-order valence-electron chi connectivity index (χ1n) is 8.14. The minimum absolute atomic E-state index is 0.575. The molecule has 0 spiro atoms. The summed E-state index contributed by atoms with van der Waals surface area (Å²) in [6.45, 7) is 0. The Kier molecular flexibility index (Phi) is 3.36. The second-order valence-corrected chi connectivity index (χ2v) is 7.71. The minimum atomic E-state index is 0.575. The van der Waals surface area contributed by atoms with E-state index in [1.807, 2.05) is 11.3 Å². The molecule has 1 atom stereocenters. The molecule has 0 saturated heterocycles. The number of hydrogen-bond acceptors (Lipinski definition) is 3. The lowest BCUT2D eigenvalue weighted by Crippen LogP contribution is -2.28. The molecule has 3 aliphatic carbocycles. The Bertz CT molecular complexity index is 420. The Morgan fingerprint density at radius 1 is 1.00 bits per heavy atom. The Morgan fingerprint density at radius 2 is 1.79 bits per heavy atom. The van der Waals surface area contributed by atoms with Crippen molar-refractivity contribution in [1.29, 1.82) is 0 Å². The highest BCUT2D eigenvalue weighted by Crippen LogP contribution is 2.40. The zero-order chi connectivity index (χ0) is 12.7. The van der Waals surface area contributed by atoms with Gasteiger partial charge >= 0.3 is 0 Å². The number of aromatic nitrogens is 1. The SMILES string of the molecule is C1CCc2sc(C(NC3CC3)C3CCCC3)nc2C1. The molecule has 104 valence electrons. The van der Waals surface area contributed by atoms with Gasteiger partial charge in [0.1, 0.15) is 5.01 Å². The lowest BCUT2D eigenvalue weighted by atomic mass is 9.98. The second-order valence-electron chi connectivity index (χ2n) is 6.59. The van der Waals surface area contributed by atoms with Crippen molar-refractivity contribution in [1.82, 2.24) is 10.3 Å². The van der Waals surface area contributed by atoms with E-state index in [2.05, 4.69) is 5.32 Å². The van der Waals surface area contributed by atoms with Gasteiger partial charge in [-0.25, -0.2) is 4.98 Å². The average molecular weight is 276 g/mol. The second kappa shape index (κ2) is 5.17. The fourth-order valence-corrected chi connectivity index (χ4v) is 5.02. The van der Waals surface area contributed by atoms with Crippen LogP contribution in [0.1, 0.15) is 73.0 Å². The van der Waals surface area contributed by atoms with Crippen LogP contribution in [0, 0.1) is 5.92 Å². The van der Waals surface area contributed by atoms with Gasteiger partial charge in [0.2, 0.25) is 0 Å².